The molecule has 2 atom stereocenters. The Kier molecular flexibility index (Phi) is 2.90. The molecule has 2 rings (SSSR count). The Balaban J connectivity index is 2.09. The van der Waals surface area contributed by atoms with Crippen molar-refractivity contribution in [2.45, 2.75) is 18.9 Å². The van der Waals surface area contributed by atoms with Crippen molar-refractivity contribution in [2.75, 3.05) is 0 Å². The zero-order chi connectivity index (χ0) is 11.5. The Hall–Kier alpha value is -1.84. The van der Waals surface area contributed by atoms with Crippen LogP contribution in [0.5, 0.6) is 0 Å². The lowest BCUT2D eigenvalue weighted by molar-refractivity contribution is -0.158. The molecule has 1 aliphatic rings. The summed E-state index contributed by atoms with van der Waals surface area (Å²) in [5, 5.41) is 8.90. The lowest BCUT2D eigenvalue weighted by Crippen LogP contribution is -2.27. The average molecular weight is 220 g/mol. The standard InChI is InChI=1S/C12H12O4/c13-10-7-9(11(16-10)12(14)15)6-8-4-2-1-3-5-8/h1-5,9,11H,6-7H2,(H,14,15)/t9-,11-/m0/s1. The first-order valence-corrected chi connectivity index (χ1v) is 5.13. The fourth-order valence-electron chi connectivity index (χ4n) is 1.96. The van der Waals surface area contributed by atoms with Crippen molar-refractivity contribution in [3.63, 3.8) is 0 Å². The van der Waals surface area contributed by atoms with Crippen LogP contribution in [-0.4, -0.2) is 23.1 Å². The summed E-state index contributed by atoms with van der Waals surface area (Å²) in [4.78, 5) is 21.9. The quantitative estimate of drug-likeness (QED) is 0.778. The second kappa shape index (κ2) is 4.35. The lowest BCUT2D eigenvalue weighted by atomic mass is 9.93. The summed E-state index contributed by atoms with van der Waals surface area (Å²) in [6.07, 6.45) is -0.247. The molecule has 1 N–H and O–H groups in total. The van der Waals surface area contributed by atoms with Crippen LogP contribution in [0.15, 0.2) is 30.3 Å². The van der Waals surface area contributed by atoms with E-state index in [2.05, 4.69) is 0 Å². The van der Waals surface area contributed by atoms with E-state index in [9.17, 15) is 9.59 Å². The van der Waals surface area contributed by atoms with Gasteiger partial charge in [0, 0.05) is 5.92 Å². The molecule has 16 heavy (non-hydrogen) atoms. The fourth-order valence-corrected chi connectivity index (χ4v) is 1.96. The molecule has 0 radical (unpaired) electrons. The zero-order valence-electron chi connectivity index (χ0n) is 8.63. The lowest BCUT2D eigenvalue weighted by Gasteiger charge is -2.12. The minimum atomic E-state index is -1.06. The summed E-state index contributed by atoms with van der Waals surface area (Å²) in [7, 11) is 0. The van der Waals surface area contributed by atoms with E-state index >= 15 is 0 Å². The van der Waals surface area contributed by atoms with E-state index in [0.29, 0.717) is 6.42 Å². The van der Waals surface area contributed by atoms with Crippen LogP contribution >= 0.6 is 0 Å². The smallest absolute Gasteiger partial charge is 0.345 e. The molecule has 1 aliphatic heterocycles. The van der Waals surface area contributed by atoms with Gasteiger partial charge in [-0.3, -0.25) is 4.79 Å². The number of ether oxygens (including phenoxy) is 1. The van der Waals surface area contributed by atoms with Crippen molar-refractivity contribution in [1.29, 1.82) is 0 Å². The summed E-state index contributed by atoms with van der Waals surface area (Å²) >= 11 is 0. The zero-order valence-corrected chi connectivity index (χ0v) is 8.63. The van der Waals surface area contributed by atoms with Crippen LogP contribution < -0.4 is 0 Å². The van der Waals surface area contributed by atoms with Gasteiger partial charge in [-0.15, -0.1) is 0 Å². The van der Waals surface area contributed by atoms with Crippen molar-refractivity contribution in [2.24, 2.45) is 5.92 Å². The molecule has 4 heteroatoms. The molecule has 1 heterocycles. The maximum Gasteiger partial charge on any atom is 0.345 e. The highest BCUT2D eigenvalue weighted by molar-refractivity contribution is 5.82. The second-order valence-electron chi connectivity index (χ2n) is 3.90. The summed E-state index contributed by atoms with van der Waals surface area (Å²) < 4.78 is 4.77. The number of rotatable bonds is 3. The van der Waals surface area contributed by atoms with Gasteiger partial charge in [0.2, 0.25) is 6.10 Å². The number of cyclic esters (lactones) is 1. The Morgan fingerprint density at radius 1 is 1.38 bits per heavy atom. The van der Waals surface area contributed by atoms with Gasteiger partial charge in [-0.25, -0.2) is 4.79 Å². The molecule has 1 fully saturated rings. The molecule has 4 nitrogen and oxygen atoms in total. The van der Waals surface area contributed by atoms with Gasteiger partial charge in [0.05, 0.1) is 6.42 Å². The van der Waals surface area contributed by atoms with Gasteiger partial charge in [0.1, 0.15) is 0 Å². The predicted molar refractivity (Wildman–Crippen MR) is 55.8 cm³/mol. The Labute approximate surface area is 92.8 Å². The Morgan fingerprint density at radius 3 is 2.69 bits per heavy atom. The van der Waals surface area contributed by atoms with Crippen LogP contribution in [0, 0.1) is 5.92 Å². The van der Waals surface area contributed by atoms with Crippen LogP contribution in [-0.2, 0) is 20.7 Å². The first-order chi connectivity index (χ1) is 7.66. The van der Waals surface area contributed by atoms with Crippen LogP contribution in [0.25, 0.3) is 0 Å². The largest absolute Gasteiger partial charge is 0.478 e. The van der Waals surface area contributed by atoms with Crippen LogP contribution in [0.1, 0.15) is 12.0 Å². The molecule has 1 aromatic rings. The highest BCUT2D eigenvalue weighted by Crippen LogP contribution is 2.26. The molecule has 0 amide bonds. The molecule has 1 saturated heterocycles. The Morgan fingerprint density at radius 2 is 2.06 bits per heavy atom. The van der Waals surface area contributed by atoms with E-state index in [0.717, 1.165) is 5.56 Å². The maximum atomic E-state index is 11.1. The molecule has 0 spiro atoms. The number of carboxylic acids is 1. The molecular weight excluding hydrogens is 208 g/mol. The summed E-state index contributed by atoms with van der Waals surface area (Å²) in [6.45, 7) is 0. The minimum absolute atomic E-state index is 0.186. The van der Waals surface area contributed by atoms with E-state index < -0.39 is 18.0 Å². The first-order valence-electron chi connectivity index (χ1n) is 5.13. The number of carboxylic acid groups (broad SMARTS) is 1. The highest BCUT2D eigenvalue weighted by Gasteiger charge is 2.39. The summed E-state index contributed by atoms with van der Waals surface area (Å²) in [6, 6.07) is 9.52. The summed E-state index contributed by atoms with van der Waals surface area (Å²) in [5.74, 6) is -1.74. The van der Waals surface area contributed by atoms with Crippen molar-refractivity contribution >= 4 is 11.9 Å². The summed E-state index contributed by atoms with van der Waals surface area (Å²) in [5.41, 5.74) is 1.03. The van der Waals surface area contributed by atoms with E-state index in [1.165, 1.54) is 0 Å². The molecule has 0 unspecified atom stereocenters. The van der Waals surface area contributed by atoms with Gasteiger partial charge < -0.3 is 9.84 Å². The van der Waals surface area contributed by atoms with Crippen molar-refractivity contribution in [1.82, 2.24) is 0 Å². The van der Waals surface area contributed by atoms with Crippen LogP contribution in [0.3, 0.4) is 0 Å². The normalized spacial score (nSPS) is 24.1. The fraction of sp³-hybridized carbons (Fsp3) is 0.333. The van der Waals surface area contributed by atoms with Crippen LogP contribution in [0.4, 0.5) is 0 Å². The Bertz CT molecular complexity index is 399. The minimum Gasteiger partial charge on any atom is -0.478 e. The average Bonchev–Trinajstić information content (AvgIpc) is 2.61. The van der Waals surface area contributed by atoms with Gasteiger partial charge in [0.15, 0.2) is 0 Å². The highest BCUT2D eigenvalue weighted by atomic mass is 16.6. The molecule has 0 aliphatic carbocycles. The third-order valence-corrected chi connectivity index (χ3v) is 2.70. The number of carbonyl (C=O) groups excluding carboxylic acids is 1. The number of benzene rings is 1. The SMILES string of the molecule is O=C1C[C@H](Cc2ccccc2)[C@@H](C(=O)O)O1. The topological polar surface area (TPSA) is 63.6 Å². The van der Waals surface area contributed by atoms with Gasteiger partial charge in [-0.1, -0.05) is 30.3 Å². The molecule has 0 saturated carbocycles. The predicted octanol–water partition coefficient (Wildman–Crippen LogP) is 1.25. The number of aliphatic carboxylic acids is 1. The van der Waals surface area contributed by atoms with Gasteiger partial charge >= 0.3 is 11.9 Å². The number of hydrogen-bond acceptors (Lipinski definition) is 3. The van der Waals surface area contributed by atoms with Gasteiger partial charge in [-0.05, 0) is 12.0 Å². The van der Waals surface area contributed by atoms with E-state index in [1.54, 1.807) is 0 Å². The van der Waals surface area contributed by atoms with Crippen molar-refractivity contribution in [3.8, 4) is 0 Å². The molecular formula is C12H12O4. The molecule has 0 bridgehead atoms. The second-order valence-corrected chi connectivity index (χ2v) is 3.90. The van der Waals surface area contributed by atoms with E-state index in [-0.39, 0.29) is 12.3 Å². The van der Waals surface area contributed by atoms with E-state index in [4.69, 9.17) is 9.84 Å². The van der Waals surface area contributed by atoms with Gasteiger partial charge in [0.25, 0.3) is 0 Å². The molecule has 1 aromatic carbocycles. The number of carbonyl (C=O) groups is 2. The maximum absolute atomic E-state index is 11.1. The third kappa shape index (κ3) is 2.21. The van der Waals surface area contributed by atoms with Crippen molar-refractivity contribution < 1.29 is 19.4 Å². The van der Waals surface area contributed by atoms with Gasteiger partial charge in [-0.2, -0.15) is 0 Å². The van der Waals surface area contributed by atoms with Crippen LogP contribution in [0.2, 0.25) is 0 Å². The number of esters is 1. The molecule has 0 aromatic heterocycles. The van der Waals surface area contributed by atoms with Crippen molar-refractivity contribution in [3.05, 3.63) is 35.9 Å². The monoisotopic (exact) mass is 220 g/mol. The first kappa shape index (κ1) is 10.7. The molecule has 84 valence electrons. The van der Waals surface area contributed by atoms with E-state index in [1.807, 2.05) is 30.3 Å². The third-order valence-electron chi connectivity index (χ3n) is 2.70. The number of hydrogen-bond donors (Lipinski definition) is 1.